The summed E-state index contributed by atoms with van der Waals surface area (Å²) in [6, 6.07) is 19.8. The average molecular weight is 495 g/mol. The molecule has 2 aromatic heterocycles. The molecule has 4 aromatic rings. The number of amidine groups is 1. The summed E-state index contributed by atoms with van der Waals surface area (Å²) in [6.45, 7) is 2.03. The highest BCUT2D eigenvalue weighted by atomic mass is 16.5. The number of nitrogens with two attached hydrogens (primary N) is 1. The van der Waals surface area contributed by atoms with E-state index >= 15 is 0 Å². The van der Waals surface area contributed by atoms with Crippen LogP contribution in [0.1, 0.15) is 43.0 Å². The fourth-order valence-corrected chi connectivity index (χ4v) is 5.02. The quantitative estimate of drug-likeness (QED) is 0.404. The number of rotatable bonds is 4. The Morgan fingerprint density at radius 3 is 2.46 bits per heavy atom. The summed E-state index contributed by atoms with van der Waals surface area (Å²) in [6.07, 6.45) is 7.90. The minimum absolute atomic E-state index is 0.373. The molecule has 8 heteroatoms. The normalized spacial score (nSPS) is 17.7. The van der Waals surface area contributed by atoms with Gasteiger partial charge in [0.15, 0.2) is 11.6 Å². The number of ether oxygens (including phenoxy) is 2. The van der Waals surface area contributed by atoms with Gasteiger partial charge in [0.05, 0.1) is 24.5 Å². The monoisotopic (exact) mass is 494 g/mol. The van der Waals surface area contributed by atoms with Gasteiger partial charge in [0.25, 0.3) is 0 Å². The molecule has 4 heterocycles. The van der Waals surface area contributed by atoms with Gasteiger partial charge in [0.1, 0.15) is 23.2 Å². The van der Waals surface area contributed by atoms with Crippen molar-refractivity contribution < 1.29 is 9.47 Å². The average Bonchev–Trinajstić information content (AvgIpc) is 3.23. The van der Waals surface area contributed by atoms with Gasteiger partial charge in [0, 0.05) is 42.5 Å². The molecule has 1 atom stereocenters. The summed E-state index contributed by atoms with van der Waals surface area (Å²) < 4.78 is 11.4. The SMILES string of the molecule is COc1cnc2c(Oc3ccc(N4N=C(N5CCCCCC5)c5ccccc5C4N)cc3)ccnc2c1. The van der Waals surface area contributed by atoms with Gasteiger partial charge >= 0.3 is 0 Å². The summed E-state index contributed by atoms with van der Waals surface area (Å²) in [4.78, 5) is 11.3. The van der Waals surface area contributed by atoms with E-state index in [1.807, 2.05) is 47.5 Å². The van der Waals surface area contributed by atoms with Crippen LogP contribution in [-0.2, 0) is 0 Å². The van der Waals surface area contributed by atoms with Gasteiger partial charge in [-0.05, 0) is 37.1 Å². The highest BCUT2D eigenvalue weighted by Gasteiger charge is 2.30. The Bertz CT molecular complexity index is 1430. The van der Waals surface area contributed by atoms with E-state index in [4.69, 9.17) is 20.3 Å². The van der Waals surface area contributed by atoms with Crippen LogP contribution >= 0.6 is 0 Å². The van der Waals surface area contributed by atoms with E-state index in [-0.39, 0.29) is 6.17 Å². The first kappa shape index (κ1) is 23.2. The second kappa shape index (κ2) is 10.1. The number of fused-ring (bicyclic) bond motifs is 2. The Kier molecular flexibility index (Phi) is 6.32. The predicted molar refractivity (Wildman–Crippen MR) is 145 cm³/mol. The van der Waals surface area contributed by atoms with Gasteiger partial charge in [-0.15, -0.1) is 0 Å². The van der Waals surface area contributed by atoms with E-state index in [2.05, 4.69) is 33.1 Å². The van der Waals surface area contributed by atoms with Crippen LogP contribution in [0.5, 0.6) is 17.2 Å². The van der Waals surface area contributed by atoms with Crippen molar-refractivity contribution in [2.45, 2.75) is 31.8 Å². The lowest BCUT2D eigenvalue weighted by atomic mass is 10.0. The summed E-state index contributed by atoms with van der Waals surface area (Å²) >= 11 is 0. The van der Waals surface area contributed by atoms with Crippen LogP contribution < -0.4 is 20.2 Å². The second-order valence-corrected chi connectivity index (χ2v) is 9.35. The van der Waals surface area contributed by atoms with E-state index in [0.717, 1.165) is 35.7 Å². The van der Waals surface area contributed by atoms with Gasteiger partial charge in [-0.1, -0.05) is 37.1 Å². The lowest BCUT2D eigenvalue weighted by Gasteiger charge is -2.36. The third-order valence-corrected chi connectivity index (χ3v) is 6.97. The Labute approximate surface area is 216 Å². The van der Waals surface area contributed by atoms with Gasteiger partial charge in [0.2, 0.25) is 0 Å². The van der Waals surface area contributed by atoms with Crippen molar-refractivity contribution in [2.24, 2.45) is 10.8 Å². The number of hydrogen-bond acceptors (Lipinski definition) is 8. The van der Waals surface area contributed by atoms with Crippen LogP contribution in [0.3, 0.4) is 0 Å². The van der Waals surface area contributed by atoms with Crippen molar-refractivity contribution in [2.75, 3.05) is 25.2 Å². The van der Waals surface area contributed by atoms with E-state index in [0.29, 0.717) is 28.3 Å². The summed E-state index contributed by atoms with van der Waals surface area (Å²) in [5, 5.41) is 7.01. The number of anilines is 1. The van der Waals surface area contributed by atoms with E-state index in [1.54, 1.807) is 19.5 Å². The zero-order valence-electron chi connectivity index (χ0n) is 20.9. The number of pyridine rings is 2. The van der Waals surface area contributed by atoms with E-state index < -0.39 is 0 Å². The van der Waals surface area contributed by atoms with Crippen LogP contribution in [-0.4, -0.2) is 40.9 Å². The molecule has 0 amide bonds. The highest BCUT2D eigenvalue weighted by Crippen LogP contribution is 2.34. The lowest BCUT2D eigenvalue weighted by molar-refractivity contribution is 0.413. The number of nitrogens with zero attached hydrogens (tertiary/aromatic N) is 5. The Balaban J connectivity index is 1.29. The first-order valence-corrected chi connectivity index (χ1v) is 12.8. The lowest BCUT2D eigenvalue weighted by Crippen LogP contribution is -2.43. The second-order valence-electron chi connectivity index (χ2n) is 9.35. The zero-order valence-corrected chi connectivity index (χ0v) is 20.9. The summed E-state index contributed by atoms with van der Waals surface area (Å²) in [5.74, 6) is 2.98. The van der Waals surface area contributed by atoms with E-state index in [9.17, 15) is 0 Å². The molecule has 0 spiro atoms. The van der Waals surface area contributed by atoms with Gasteiger partial charge in [-0.2, -0.15) is 5.10 Å². The molecule has 2 aromatic carbocycles. The Morgan fingerprint density at radius 2 is 1.68 bits per heavy atom. The topological polar surface area (TPSA) is 89.1 Å². The molecule has 2 aliphatic rings. The molecule has 1 saturated heterocycles. The minimum Gasteiger partial charge on any atom is -0.495 e. The Hall–Kier alpha value is -4.17. The third kappa shape index (κ3) is 4.56. The first-order chi connectivity index (χ1) is 18.2. The van der Waals surface area contributed by atoms with Crippen LogP contribution in [0.2, 0.25) is 0 Å². The molecular weight excluding hydrogens is 464 g/mol. The van der Waals surface area contributed by atoms with Crippen molar-refractivity contribution in [1.29, 1.82) is 0 Å². The van der Waals surface area contributed by atoms with Crippen LogP contribution in [0, 0.1) is 0 Å². The van der Waals surface area contributed by atoms with Crippen LogP contribution in [0.25, 0.3) is 11.0 Å². The molecule has 8 nitrogen and oxygen atoms in total. The van der Waals surface area contributed by atoms with Crippen molar-refractivity contribution >= 4 is 22.6 Å². The largest absolute Gasteiger partial charge is 0.495 e. The number of likely N-dealkylation sites (tertiary alicyclic amines) is 1. The highest BCUT2D eigenvalue weighted by molar-refractivity contribution is 6.02. The third-order valence-electron chi connectivity index (χ3n) is 6.97. The minimum atomic E-state index is -0.373. The molecule has 2 N–H and O–H groups in total. The molecule has 37 heavy (non-hydrogen) atoms. The molecule has 2 aliphatic heterocycles. The molecule has 1 unspecified atom stereocenters. The van der Waals surface area contributed by atoms with Crippen molar-refractivity contribution in [1.82, 2.24) is 14.9 Å². The molecule has 0 radical (unpaired) electrons. The number of hydrazone groups is 1. The fraction of sp³-hybridized carbons (Fsp3) is 0.276. The fourth-order valence-electron chi connectivity index (χ4n) is 5.02. The number of benzene rings is 2. The molecular formula is C29H30N6O2. The first-order valence-electron chi connectivity index (χ1n) is 12.8. The number of hydrogen-bond donors (Lipinski definition) is 1. The summed E-state index contributed by atoms with van der Waals surface area (Å²) in [5.41, 5.74) is 11.2. The maximum atomic E-state index is 6.74. The molecule has 6 rings (SSSR count). The Morgan fingerprint density at radius 1 is 0.892 bits per heavy atom. The van der Waals surface area contributed by atoms with E-state index in [1.165, 1.54) is 25.7 Å². The van der Waals surface area contributed by atoms with Gasteiger partial charge in [-0.25, -0.2) is 9.99 Å². The zero-order chi connectivity index (χ0) is 25.2. The van der Waals surface area contributed by atoms with Gasteiger partial charge in [-0.3, -0.25) is 4.98 Å². The molecule has 0 aliphatic carbocycles. The molecule has 0 saturated carbocycles. The summed E-state index contributed by atoms with van der Waals surface area (Å²) in [7, 11) is 1.61. The number of aromatic nitrogens is 2. The van der Waals surface area contributed by atoms with Crippen molar-refractivity contribution in [3.8, 4) is 17.2 Å². The van der Waals surface area contributed by atoms with Crippen LogP contribution in [0.4, 0.5) is 5.69 Å². The predicted octanol–water partition coefficient (Wildman–Crippen LogP) is 5.45. The molecule has 0 bridgehead atoms. The van der Waals surface area contributed by atoms with Crippen LogP contribution in [0.15, 0.2) is 78.2 Å². The maximum absolute atomic E-state index is 6.74. The smallest absolute Gasteiger partial charge is 0.156 e. The standard InChI is InChI=1S/C29H30N6O2/c1-36-22-18-25-27(32-19-22)26(14-15-31-25)37-21-12-10-20(11-13-21)35-28(30)23-8-4-5-9-24(23)29(33-35)34-16-6-2-3-7-17-34/h4-5,8-15,18-19,28H,2-3,6-7,16-17,30H2,1H3. The van der Waals surface area contributed by atoms with Crippen molar-refractivity contribution in [3.05, 3.63) is 84.2 Å². The molecule has 1 fully saturated rings. The van der Waals surface area contributed by atoms with Gasteiger partial charge < -0.3 is 20.1 Å². The molecule has 188 valence electrons. The van der Waals surface area contributed by atoms with Crippen molar-refractivity contribution in [3.63, 3.8) is 0 Å². The maximum Gasteiger partial charge on any atom is 0.156 e. The number of methoxy groups -OCH3 is 1.